The van der Waals surface area contributed by atoms with Crippen LogP contribution in [0.3, 0.4) is 0 Å². The molecule has 0 radical (unpaired) electrons. The molecule has 1 amide bonds. The van der Waals surface area contributed by atoms with Crippen LogP contribution < -0.4 is 5.32 Å². The highest BCUT2D eigenvalue weighted by atomic mass is 35.5. The maximum atomic E-state index is 11.9. The molecular weight excluding hydrogens is 246 g/mol. The van der Waals surface area contributed by atoms with Crippen molar-refractivity contribution in [3.8, 4) is 0 Å². The highest BCUT2D eigenvalue weighted by Gasteiger charge is 2.13. The molecule has 0 spiro atoms. The Morgan fingerprint density at radius 3 is 2.39 bits per heavy atom. The number of rotatable bonds is 6. The number of nitrogens with one attached hydrogen (secondary N) is 1. The maximum absolute atomic E-state index is 11.9. The van der Waals surface area contributed by atoms with Crippen molar-refractivity contribution in [3.05, 3.63) is 35.4 Å². The molecule has 0 aliphatic heterocycles. The largest absolute Gasteiger partial charge is 0.352 e. The lowest BCUT2D eigenvalue weighted by Crippen LogP contribution is -2.38. The average Bonchev–Trinajstić information content (AvgIpc) is 2.30. The third kappa shape index (κ3) is 5.54. The number of halogens is 1. The fraction of sp³-hybridized carbons (Fsp3) is 0.533. The maximum Gasteiger partial charge on any atom is 0.224 e. The van der Waals surface area contributed by atoms with Gasteiger partial charge in [-0.25, -0.2) is 0 Å². The van der Waals surface area contributed by atoms with Gasteiger partial charge in [-0.05, 0) is 24.8 Å². The first-order chi connectivity index (χ1) is 8.51. The van der Waals surface area contributed by atoms with Gasteiger partial charge in [-0.1, -0.05) is 43.7 Å². The predicted octanol–water partition coefficient (Wildman–Crippen LogP) is 3.31. The van der Waals surface area contributed by atoms with Crippen LogP contribution >= 0.6 is 11.6 Å². The van der Waals surface area contributed by atoms with Crippen LogP contribution in [0.1, 0.15) is 31.4 Å². The summed E-state index contributed by atoms with van der Waals surface area (Å²) < 4.78 is 0. The topological polar surface area (TPSA) is 29.1 Å². The van der Waals surface area contributed by atoms with Crippen LogP contribution in [-0.2, 0) is 11.2 Å². The highest BCUT2D eigenvalue weighted by Crippen LogP contribution is 2.08. The summed E-state index contributed by atoms with van der Waals surface area (Å²) in [5.41, 5.74) is 2.24. The first kappa shape index (κ1) is 15.0. The molecule has 18 heavy (non-hydrogen) atoms. The summed E-state index contributed by atoms with van der Waals surface area (Å²) >= 11 is 5.86. The van der Waals surface area contributed by atoms with E-state index in [1.54, 1.807) is 0 Å². The van der Waals surface area contributed by atoms with E-state index in [0.717, 1.165) is 12.0 Å². The molecule has 0 aliphatic carbocycles. The minimum absolute atomic E-state index is 0.0464. The van der Waals surface area contributed by atoms with E-state index in [-0.39, 0.29) is 11.9 Å². The quantitative estimate of drug-likeness (QED) is 0.788. The van der Waals surface area contributed by atoms with Gasteiger partial charge >= 0.3 is 0 Å². The number of carbonyl (C=O) groups is 1. The predicted molar refractivity (Wildman–Crippen MR) is 77.0 cm³/mol. The fourth-order valence-corrected chi connectivity index (χ4v) is 2.10. The molecule has 1 N–H and O–H groups in total. The molecule has 100 valence electrons. The minimum Gasteiger partial charge on any atom is -0.352 e. The molecule has 1 unspecified atom stereocenters. The number of benzene rings is 1. The van der Waals surface area contributed by atoms with Crippen molar-refractivity contribution in [3.63, 3.8) is 0 Å². The normalized spacial score (nSPS) is 12.5. The number of carbonyl (C=O) groups excluding carboxylic acids is 1. The van der Waals surface area contributed by atoms with Gasteiger partial charge in [0.25, 0.3) is 0 Å². The van der Waals surface area contributed by atoms with Crippen LogP contribution in [0, 0.1) is 12.8 Å². The average molecular weight is 268 g/mol. The Kier molecular flexibility index (Phi) is 6.20. The third-order valence-electron chi connectivity index (χ3n) is 2.79. The Balaban J connectivity index is 2.47. The number of hydrogen-bond acceptors (Lipinski definition) is 1. The zero-order chi connectivity index (χ0) is 13.5. The number of amides is 1. The van der Waals surface area contributed by atoms with Gasteiger partial charge in [0.05, 0.1) is 6.42 Å². The molecule has 1 atom stereocenters. The zero-order valence-electron chi connectivity index (χ0n) is 11.4. The third-order valence-corrected chi connectivity index (χ3v) is 3.17. The summed E-state index contributed by atoms with van der Waals surface area (Å²) in [6.45, 7) is 6.30. The highest BCUT2D eigenvalue weighted by molar-refractivity contribution is 6.18. The van der Waals surface area contributed by atoms with Gasteiger partial charge in [-0.2, -0.15) is 0 Å². The number of alkyl halides is 1. The van der Waals surface area contributed by atoms with E-state index in [1.165, 1.54) is 5.56 Å². The lowest BCUT2D eigenvalue weighted by atomic mass is 10.0. The van der Waals surface area contributed by atoms with Crippen molar-refractivity contribution in [2.24, 2.45) is 5.92 Å². The first-order valence-electron chi connectivity index (χ1n) is 6.42. The summed E-state index contributed by atoms with van der Waals surface area (Å²) in [5.74, 6) is 1.05. The van der Waals surface area contributed by atoms with Gasteiger partial charge in [0.1, 0.15) is 0 Å². The Labute approximate surface area is 115 Å². The molecule has 1 aromatic carbocycles. The van der Waals surface area contributed by atoms with Crippen molar-refractivity contribution in [2.45, 2.75) is 39.7 Å². The standard InChI is InChI=1S/C15H22ClNO/c1-11(2)8-14(10-16)17-15(18)9-13-6-4-12(3)5-7-13/h4-7,11,14H,8-10H2,1-3H3,(H,17,18). The molecule has 0 aromatic heterocycles. The van der Waals surface area contributed by atoms with E-state index >= 15 is 0 Å². The molecule has 0 saturated heterocycles. The lowest BCUT2D eigenvalue weighted by Gasteiger charge is -2.18. The summed E-state index contributed by atoms with van der Waals surface area (Å²) in [6, 6.07) is 8.11. The minimum atomic E-state index is 0.0464. The van der Waals surface area contributed by atoms with Crippen molar-refractivity contribution >= 4 is 17.5 Å². The molecular formula is C15H22ClNO. The van der Waals surface area contributed by atoms with E-state index in [1.807, 2.05) is 31.2 Å². The summed E-state index contributed by atoms with van der Waals surface area (Å²) in [4.78, 5) is 11.9. The monoisotopic (exact) mass is 267 g/mol. The van der Waals surface area contributed by atoms with Crippen LogP contribution in [0.4, 0.5) is 0 Å². The Hall–Kier alpha value is -1.02. The molecule has 2 nitrogen and oxygen atoms in total. The summed E-state index contributed by atoms with van der Waals surface area (Å²) in [6.07, 6.45) is 1.34. The van der Waals surface area contributed by atoms with Gasteiger partial charge in [0.15, 0.2) is 0 Å². The summed E-state index contributed by atoms with van der Waals surface area (Å²) in [7, 11) is 0. The van der Waals surface area contributed by atoms with Gasteiger partial charge in [-0.3, -0.25) is 4.79 Å². The Morgan fingerprint density at radius 1 is 1.28 bits per heavy atom. The Bertz CT molecular complexity index is 373. The van der Waals surface area contributed by atoms with Gasteiger partial charge in [0, 0.05) is 11.9 Å². The van der Waals surface area contributed by atoms with Crippen LogP contribution in [0.25, 0.3) is 0 Å². The number of aryl methyl sites for hydroxylation is 1. The summed E-state index contributed by atoms with van der Waals surface area (Å²) in [5, 5.41) is 2.99. The first-order valence-corrected chi connectivity index (χ1v) is 6.95. The van der Waals surface area contributed by atoms with E-state index in [0.29, 0.717) is 18.2 Å². The van der Waals surface area contributed by atoms with Crippen molar-refractivity contribution in [2.75, 3.05) is 5.88 Å². The second-order valence-electron chi connectivity index (χ2n) is 5.21. The second-order valence-corrected chi connectivity index (χ2v) is 5.52. The molecule has 1 aromatic rings. The van der Waals surface area contributed by atoms with Crippen molar-refractivity contribution < 1.29 is 4.79 Å². The molecule has 1 rings (SSSR count). The van der Waals surface area contributed by atoms with E-state index in [4.69, 9.17) is 11.6 Å². The van der Waals surface area contributed by atoms with Gasteiger partial charge < -0.3 is 5.32 Å². The smallest absolute Gasteiger partial charge is 0.224 e. The second kappa shape index (κ2) is 7.42. The molecule has 0 bridgehead atoms. The van der Waals surface area contributed by atoms with Crippen molar-refractivity contribution in [1.82, 2.24) is 5.32 Å². The molecule has 0 fully saturated rings. The van der Waals surface area contributed by atoms with Crippen molar-refractivity contribution in [1.29, 1.82) is 0 Å². The van der Waals surface area contributed by atoms with Crippen LogP contribution in [0.5, 0.6) is 0 Å². The van der Waals surface area contributed by atoms with Crippen LogP contribution in [0.15, 0.2) is 24.3 Å². The van der Waals surface area contributed by atoms with E-state index in [9.17, 15) is 4.79 Å². The molecule has 3 heteroatoms. The number of hydrogen-bond donors (Lipinski definition) is 1. The van der Waals surface area contributed by atoms with E-state index < -0.39 is 0 Å². The Morgan fingerprint density at radius 2 is 1.89 bits per heavy atom. The molecule has 0 heterocycles. The van der Waals surface area contributed by atoms with Crippen LogP contribution in [-0.4, -0.2) is 17.8 Å². The molecule has 0 saturated carbocycles. The SMILES string of the molecule is Cc1ccc(CC(=O)NC(CCl)CC(C)C)cc1. The van der Waals surface area contributed by atoms with Gasteiger partial charge in [0.2, 0.25) is 5.91 Å². The molecule has 0 aliphatic rings. The van der Waals surface area contributed by atoms with Crippen LogP contribution in [0.2, 0.25) is 0 Å². The van der Waals surface area contributed by atoms with Gasteiger partial charge in [-0.15, -0.1) is 11.6 Å². The fourth-order valence-electron chi connectivity index (χ4n) is 1.90. The zero-order valence-corrected chi connectivity index (χ0v) is 12.1. The lowest BCUT2D eigenvalue weighted by molar-refractivity contribution is -0.121. The van der Waals surface area contributed by atoms with E-state index in [2.05, 4.69) is 19.2 Å².